The van der Waals surface area contributed by atoms with Crippen LogP contribution in [0, 0.1) is 11.3 Å². The number of carboxylic acid groups (broad SMARTS) is 1. The molecule has 0 saturated heterocycles. The van der Waals surface area contributed by atoms with Crippen molar-refractivity contribution in [2.24, 2.45) is 11.3 Å². The Kier molecular flexibility index (Phi) is 4.79. The molecule has 0 radical (unpaired) electrons. The highest BCUT2D eigenvalue weighted by Crippen LogP contribution is 2.44. The predicted molar refractivity (Wildman–Crippen MR) is 95.0 cm³/mol. The van der Waals surface area contributed by atoms with E-state index in [1.807, 2.05) is 24.3 Å². The van der Waals surface area contributed by atoms with E-state index < -0.39 is 11.4 Å². The Bertz CT molecular complexity index is 746. The summed E-state index contributed by atoms with van der Waals surface area (Å²) in [6.07, 6.45) is 2.95. The minimum atomic E-state index is -0.877. The van der Waals surface area contributed by atoms with E-state index in [4.69, 9.17) is 0 Å². The predicted octanol–water partition coefficient (Wildman–Crippen LogP) is 3.41. The number of carbonyl (C=O) groups excluding carboxylic acids is 1. The lowest BCUT2D eigenvalue weighted by Crippen LogP contribution is -2.44. The quantitative estimate of drug-likeness (QED) is 0.718. The number of imidazole rings is 1. The number of para-hydroxylation sites is 2. The maximum absolute atomic E-state index is 12.6. The van der Waals surface area contributed by atoms with Gasteiger partial charge in [0.2, 0.25) is 5.91 Å². The van der Waals surface area contributed by atoms with E-state index in [9.17, 15) is 14.7 Å². The van der Waals surface area contributed by atoms with E-state index >= 15 is 0 Å². The van der Waals surface area contributed by atoms with Crippen LogP contribution in [0.3, 0.4) is 0 Å². The number of nitrogens with one attached hydrogen (secondary N) is 2. The number of nitrogens with zero attached hydrogens (tertiary/aromatic N) is 1. The first-order chi connectivity index (χ1) is 11.9. The number of amides is 1. The SMILES string of the molecule is CCC(C)C(NC(=O)CC1(C(=O)O)CCC1)c1nc2ccccc2[nH]1. The van der Waals surface area contributed by atoms with Crippen LogP contribution >= 0.6 is 0 Å². The van der Waals surface area contributed by atoms with Crippen LogP contribution < -0.4 is 5.32 Å². The number of aromatic nitrogens is 2. The van der Waals surface area contributed by atoms with Crippen molar-refractivity contribution in [3.8, 4) is 0 Å². The van der Waals surface area contributed by atoms with Gasteiger partial charge in [0, 0.05) is 6.42 Å². The summed E-state index contributed by atoms with van der Waals surface area (Å²) in [5, 5.41) is 12.5. The van der Waals surface area contributed by atoms with Gasteiger partial charge in [-0.2, -0.15) is 0 Å². The van der Waals surface area contributed by atoms with Gasteiger partial charge < -0.3 is 15.4 Å². The van der Waals surface area contributed by atoms with Crippen molar-refractivity contribution in [2.45, 2.75) is 52.0 Å². The highest BCUT2D eigenvalue weighted by atomic mass is 16.4. The summed E-state index contributed by atoms with van der Waals surface area (Å²) in [6, 6.07) is 7.50. The number of rotatable bonds is 7. The Balaban J connectivity index is 1.79. The molecule has 1 aromatic carbocycles. The zero-order valence-corrected chi connectivity index (χ0v) is 14.7. The highest BCUT2D eigenvalue weighted by molar-refractivity contribution is 5.86. The Morgan fingerprint density at radius 1 is 1.36 bits per heavy atom. The van der Waals surface area contributed by atoms with Gasteiger partial charge in [0.1, 0.15) is 5.82 Å². The van der Waals surface area contributed by atoms with Crippen LogP contribution in [0.15, 0.2) is 24.3 Å². The molecule has 2 atom stereocenters. The molecule has 3 N–H and O–H groups in total. The molecule has 2 aromatic rings. The number of hydrogen-bond donors (Lipinski definition) is 3. The second-order valence-electron chi connectivity index (χ2n) is 7.19. The third-order valence-electron chi connectivity index (χ3n) is 5.50. The van der Waals surface area contributed by atoms with Crippen LogP contribution in [0.4, 0.5) is 0 Å². The van der Waals surface area contributed by atoms with Crippen molar-refractivity contribution in [1.29, 1.82) is 0 Å². The lowest BCUT2D eigenvalue weighted by atomic mass is 9.66. The lowest BCUT2D eigenvalue weighted by molar-refractivity contribution is -0.157. The molecule has 25 heavy (non-hydrogen) atoms. The van der Waals surface area contributed by atoms with Gasteiger partial charge in [0.25, 0.3) is 0 Å². The molecule has 6 heteroatoms. The average molecular weight is 343 g/mol. The maximum Gasteiger partial charge on any atom is 0.310 e. The zero-order chi connectivity index (χ0) is 18.0. The molecule has 0 aliphatic heterocycles. The van der Waals surface area contributed by atoms with Gasteiger partial charge in [-0.25, -0.2) is 4.98 Å². The van der Waals surface area contributed by atoms with Gasteiger partial charge in [0.05, 0.1) is 22.5 Å². The molecule has 0 bridgehead atoms. The summed E-state index contributed by atoms with van der Waals surface area (Å²) >= 11 is 0. The largest absolute Gasteiger partial charge is 0.481 e. The van der Waals surface area contributed by atoms with Crippen LogP contribution in [0.2, 0.25) is 0 Å². The average Bonchev–Trinajstić information content (AvgIpc) is 2.98. The first-order valence-corrected chi connectivity index (χ1v) is 8.92. The van der Waals surface area contributed by atoms with Gasteiger partial charge in [-0.3, -0.25) is 9.59 Å². The first-order valence-electron chi connectivity index (χ1n) is 8.92. The molecule has 2 unspecified atom stereocenters. The zero-order valence-electron chi connectivity index (χ0n) is 14.7. The molecule has 1 fully saturated rings. The molecule has 6 nitrogen and oxygen atoms in total. The number of hydrogen-bond acceptors (Lipinski definition) is 3. The first kappa shape index (κ1) is 17.5. The molecule has 1 heterocycles. The van der Waals surface area contributed by atoms with Crippen LogP contribution in [-0.2, 0) is 9.59 Å². The Hall–Kier alpha value is -2.37. The van der Waals surface area contributed by atoms with E-state index in [1.54, 1.807) is 0 Å². The van der Waals surface area contributed by atoms with Crippen LogP contribution in [-0.4, -0.2) is 27.0 Å². The second kappa shape index (κ2) is 6.86. The van der Waals surface area contributed by atoms with Crippen LogP contribution in [0.5, 0.6) is 0 Å². The summed E-state index contributed by atoms with van der Waals surface area (Å²) in [5.41, 5.74) is 0.917. The highest BCUT2D eigenvalue weighted by Gasteiger charge is 2.46. The molecule has 1 saturated carbocycles. The fourth-order valence-corrected chi connectivity index (χ4v) is 3.44. The Morgan fingerprint density at radius 2 is 2.08 bits per heavy atom. The molecule has 3 rings (SSSR count). The van der Waals surface area contributed by atoms with Crippen LogP contribution in [0.1, 0.15) is 57.8 Å². The van der Waals surface area contributed by atoms with Crippen LogP contribution in [0.25, 0.3) is 11.0 Å². The molecule has 1 aromatic heterocycles. The minimum Gasteiger partial charge on any atom is -0.481 e. The topological polar surface area (TPSA) is 95.1 Å². The number of benzene rings is 1. The van der Waals surface area contributed by atoms with E-state index in [2.05, 4.69) is 29.1 Å². The fraction of sp³-hybridized carbons (Fsp3) is 0.526. The molecule has 1 amide bonds. The molecular formula is C19H25N3O3. The van der Waals surface area contributed by atoms with Crippen molar-refractivity contribution in [3.63, 3.8) is 0 Å². The fourth-order valence-electron chi connectivity index (χ4n) is 3.44. The molecular weight excluding hydrogens is 318 g/mol. The monoisotopic (exact) mass is 343 g/mol. The molecule has 0 spiro atoms. The van der Waals surface area contributed by atoms with E-state index in [-0.39, 0.29) is 24.3 Å². The lowest BCUT2D eigenvalue weighted by Gasteiger charge is -2.37. The number of fused-ring (bicyclic) bond motifs is 1. The van der Waals surface area contributed by atoms with Gasteiger partial charge in [-0.05, 0) is 30.9 Å². The van der Waals surface area contributed by atoms with Gasteiger partial charge >= 0.3 is 5.97 Å². The maximum atomic E-state index is 12.6. The van der Waals surface area contributed by atoms with E-state index in [0.717, 1.165) is 29.7 Å². The third kappa shape index (κ3) is 3.38. The van der Waals surface area contributed by atoms with Crippen molar-refractivity contribution in [3.05, 3.63) is 30.1 Å². The molecule has 1 aliphatic carbocycles. The molecule has 1 aliphatic rings. The second-order valence-corrected chi connectivity index (χ2v) is 7.19. The summed E-state index contributed by atoms with van der Waals surface area (Å²) in [7, 11) is 0. The normalized spacial score (nSPS) is 18.3. The number of carboxylic acids is 1. The van der Waals surface area contributed by atoms with Crippen molar-refractivity contribution in [1.82, 2.24) is 15.3 Å². The summed E-state index contributed by atoms with van der Waals surface area (Å²) in [4.78, 5) is 32.0. The van der Waals surface area contributed by atoms with E-state index in [0.29, 0.717) is 12.8 Å². The Labute approximate surface area is 147 Å². The minimum absolute atomic E-state index is 0.0372. The smallest absolute Gasteiger partial charge is 0.310 e. The number of H-pyrrole nitrogens is 1. The third-order valence-corrected chi connectivity index (χ3v) is 5.50. The standard InChI is InChI=1S/C19H25N3O3/c1-3-12(2)16(17-20-13-7-4-5-8-14(13)21-17)22-15(23)11-19(18(24)25)9-6-10-19/h4-5,7-8,12,16H,3,6,9-11H2,1-2H3,(H,20,21)(H,22,23)(H,24,25). The molecule has 134 valence electrons. The number of aliphatic carboxylic acids is 1. The van der Waals surface area contributed by atoms with Crippen molar-refractivity contribution < 1.29 is 14.7 Å². The summed E-state index contributed by atoms with van der Waals surface area (Å²) in [6.45, 7) is 4.13. The van der Waals surface area contributed by atoms with Gasteiger partial charge in [0.15, 0.2) is 0 Å². The number of aromatic amines is 1. The summed E-state index contributed by atoms with van der Waals surface area (Å²) < 4.78 is 0. The number of carbonyl (C=O) groups is 2. The Morgan fingerprint density at radius 3 is 2.64 bits per heavy atom. The van der Waals surface area contributed by atoms with Gasteiger partial charge in [-0.15, -0.1) is 0 Å². The van der Waals surface area contributed by atoms with Gasteiger partial charge in [-0.1, -0.05) is 38.8 Å². The summed E-state index contributed by atoms with van der Waals surface area (Å²) in [5.74, 6) is -0.167. The van der Waals surface area contributed by atoms with Crippen molar-refractivity contribution >= 4 is 22.9 Å². The van der Waals surface area contributed by atoms with E-state index in [1.165, 1.54) is 0 Å². The van der Waals surface area contributed by atoms with Crippen molar-refractivity contribution in [2.75, 3.05) is 0 Å².